The number of aromatic nitrogens is 1. The Labute approximate surface area is 134 Å². The van der Waals surface area contributed by atoms with Crippen molar-refractivity contribution in [1.82, 2.24) is 14.8 Å². The van der Waals surface area contributed by atoms with Crippen LogP contribution in [-0.2, 0) is 4.79 Å². The highest BCUT2D eigenvalue weighted by Crippen LogP contribution is 2.29. The molecular formula is C17H20N4O2. The Morgan fingerprint density at radius 3 is 2.74 bits per heavy atom. The molecule has 1 atom stereocenters. The summed E-state index contributed by atoms with van der Waals surface area (Å²) in [5.74, 6) is -0.819. The van der Waals surface area contributed by atoms with Crippen LogP contribution in [0.15, 0.2) is 30.5 Å². The molecule has 120 valence electrons. The number of hydrogen-bond donors (Lipinski definition) is 2. The van der Waals surface area contributed by atoms with Crippen molar-refractivity contribution in [2.24, 2.45) is 0 Å². The fraction of sp³-hybridized carbons (Fsp3) is 0.412. The molecule has 1 aromatic carbocycles. The minimum absolute atomic E-state index is 0.519. The van der Waals surface area contributed by atoms with Gasteiger partial charge >= 0.3 is 5.97 Å². The number of rotatable bonds is 5. The maximum Gasteiger partial charge on any atom is 0.325 e. The molecule has 6 heteroatoms. The molecule has 3 rings (SSSR count). The fourth-order valence-electron chi connectivity index (χ4n) is 3.26. The third-order valence-electron chi connectivity index (χ3n) is 4.46. The summed E-state index contributed by atoms with van der Waals surface area (Å²) < 4.78 is 0. The van der Waals surface area contributed by atoms with Crippen LogP contribution in [-0.4, -0.2) is 58.6 Å². The number of carbonyl (C=O) groups is 1. The molecule has 0 amide bonds. The third kappa shape index (κ3) is 3.21. The number of carboxylic acids is 1. The first-order valence-electron chi connectivity index (χ1n) is 7.83. The van der Waals surface area contributed by atoms with E-state index in [9.17, 15) is 9.90 Å². The second-order valence-corrected chi connectivity index (χ2v) is 5.82. The lowest BCUT2D eigenvalue weighted by molar-refractivity contribution is -0.144. The van der Waals surface area contributed by atoms with Crippen LogP contribution in [0.4, 0.5) is 0 Å². The zero-order valence-electron chi connectivity index (χ0n) is 12.9. The van der Waals surface area contributed by atoms with Crippen molar-refractivity contribution in [2.45, 2.75) is 12.5 Å². The predicted molar refractivity (Wildman–Crippen MR) is 86.9 cm³/mol. The highest BCUT2D eigenvalue weighted by atomic mass is 16.4. The molecule has 0 saturated carbocycles. The van der Waals surface area contributed by atoms with E-state index < -0.39 is 12.0 Å². The highest BCUT2D eigenvalue weighted by molar-refractivity contribution is 5.89. The van der Waals surface area contributed by atoms with Gasteiger partial charge in [-0.15, -0.1) is 0 Å². The Balaban J connectivity index is 1.78. The molecule has 0 spiro atoms. The zero-order chi connectivity index (χ0) is 16.2. The number of aliphatic carboxylic acids is 1. The van der Waals surface area contributed by atoms with Crippen LogP contribution in [0.25, 0.3) is 10.9 Å². The van der Waals surface area contributed by atoms with E-state index in [-0.39, 0.29) is 0 Å². The van der Waals surface area contributed by atoms with E-state index in [1.165, 1.54) is 0 Å². The van der Waals surface area contributed by atoms with Gasteiger partial charge in [-0.05, 0) is 6.07 Å². The van der Waals surface area contributed by atoms with Crippen LogP contribution in [0.1, 0.15) is 18.0 Å². The minimum Gasteiger partial charge on any atom is -0.480 e. The van der Waals surface area contributed by atoms with Gasteiger partial charge < -0.3 is 10.1 Å². The first-order chi connectivity index (χ1) is 11.2. The summed E-state index contributed by atoms with van der Waals surface area (Å²) in [6, 6.07) is 9.30. The standard InChI is InChI=1S/C17H20N4O2/c18-6-3-7-20-8-10-21(11-9-20)16(17(22)23)14-12-19-15-5-2-1-4-13(14)15/h1-2,4-5,12,16,19H,3,7-11H2,(H,22,23). The van der Waals surface area contributed by atoms with E-state index in [4.69, 9.17) is 5.26 Å². The maximum absolute atomic E-state index is 11.9. The summed E-state index contributed by atoms with van der Waals surface area (Å²) in [4.78, 5) is 19.3. The quantitative estimate of drug-likeness (QED) is 0.880. The van der Waals surface area contributed by atoms with Gasteiger partial charge in [0.15, 0.2) is 0 Å². The zero-order valence-corrected chi connectivity index (χ0v) is 12.9. The number of aromatic amines is 1. The van der Waals surface area contributed by atoms with Crippen molar-refractivity contribution in [3.05, 3.63) is 36.0 Å². The summed E-state index contributed by atoms with van der Waals surface area (Å²) >= 11 is 0. The van der Waals surface area contributed by atoms with Crippen molar-refractivity contribution in [3.63, 3.8) is 0 Å². The lowest BCUT2D eigenvalue weighted by Gasteiger charge is -2.37. The van der Waals surface area contributed by atoms with E-state index in [0.29, 0.717) is 19.5 Å². The molecule has 0 aliphatic carbocycles. The molecule has 1 aliphatic rings. The van der Waals surface area contributed by atoms with Gasteiger partial charge in [0, 0.05) is 61.8 Å². The summed E-state index contributed by atoms with van der Waals surface area (Å²) in [6.45, 7) is 3.75. The topological polar surface area (TPSA) is 83.4 Å². The van der Waals surface area contributed by atoms with Gasteiger partial charge in [-0.25, -0.2) is 0 Å². The van der Waals surface area contributed by atoms with Crippen molar-refractivity contribution in [2.75, 3.05) is 32.7 Å². The second-order valence-electron chi connectivity index (χ2n) is 5.82. The number of fused-ring (bicyclic) bond motifs is 1. The number of benzene rings is 1. The summed E-state index contributed by atoms with van der Waals surface area (Å²) in [5.41, 5.74) is 1.78. The van der Waals surface area contributed by atoms with Crippen LogP contribution >= 0.6 is 0 Å². The number of nitriles is 1. The van der Waals surface area contributed by atoms with Gasteiger partial charge in [0.2, 0.25) is 0 Å². The number of carboxylic acid groups (broad SMARTS) is 1. The molecule has 6 nitrogen and oxygen atoms in total. The molecule has 2 heterocycles. The van der Waals surface area contributed by atoms with E-state index >= 15 is 0 Å². The van der Waals surface area contributed by atoms with Crippen molar-refractivity contribution in [1.29, 1.82) is 5.26 Å². The van der Waals surface area contributed by atoms with Gasteiger partial charge in [0.05, 0.1) is 6.07 Å². The molecule has 1 aliphatic heterocycles. The number of hydrogen-bond acceptors (Lipinski definition) is 4. The molecule has 1 unspecified atom stereocenters. The van der Waals surface area contributed by atoms with Gasteiger partial charge in [0.1, 0.15) is 6.04 Å². The average Bonchev–Trinajstić information content (AvgIpc) is 2.98. The Morgan fingerprint density at radius 1 is 1.30 bits per heavy atom. The van der Waals surface area contributed by atoms with Crippen LogP contribution in [0.2, 0.25) is 0 Å². The second kappa shape index (κ2) is 6.82. The van der Waals surface area contributed by atoms with Crippen molar-refractivity contribution >= 4 is 16.9 Å². The Morgan fingerprint density at radius 2 is 2.04 bits per heavy atom. The van der Waals surface area contributed by atoms with Crippen molar-refractivity contribution < 1.29 is 9.90 Å². The van der Waals surface area contributed by atoms with E-state index in [0.717, 1.165) is 36.1 Å². The number of nitrogens with one attached hydrogen (secondary N) is 1. The molecule has 1 fully saturated rings. The van der Waals surface area contributed by atoms with Gasteiger partial charge in [-0.1, -0.05) is 18.2 Å². The van der Waals surface area contributed by atoms with Crippen molar-refractivity contribution in [3.8, 4) is 6.07 Å². The number of H-pyrrole nitrogens is 1. The van der Waals surface area contributed by atoms with E-state index in [1.54, 1.807) is 0 Å². The Kier molecular flexibility index (Phi) is 4.60. The lowest BCUT2D eigenvalue weighted by atomic mass is 10.0. The monoisotopic (exact) mass is 312 g/mol. The van der Waals surface area contributed by atoms with Gasteiger partial charge in [-0.2, -0.15) is 5.26 Å². The molecular weight excluding hydrogens is 292 g/mol. The molecule has 0 bridgehead atoms. The minimum atomic E-state index is -0.819. The maximum atomic E-state index is 11.9. The predicted octanol–water partition coefficient (Wildman–Crippen LogP) is 1.82. The molecule has 1 saturated heterocycles. The van der Waals surface area contributed by atoms with E-state index in [2.05, 4.69) is 16.0 Å². The fourth-order valence-corrected chi connectivity index (χ4v) is 3.26. The van der Waals surface area contributed by atoms with Crippen LogP contribution in [0.5, 0.6) is 0 Å². The van der Waals surface area contributed by atoms with Gasteiger partial charge in [-0.3, -0.25) is 14.6 Å². The molecule has 2 aromatic rings. The number of para-hydroxylation sites is 1. The lowest BCUT2D eigenvalue weighted by Crippen LogP contribution is -2.49. The summed E-state index contributed by atoms with van der Waals surface area (Å²) in [5, 5.41) is 19.4. The summed E-state index contributed by atoms with van der Waals surface area (Å²) in [7, 11) is 0. The molecule has 0 radical (unpaired) electrons. The largest absolute Gasteiger partial charge is 0.480 e. The smallest absolute Gasteiger partial charge is 0.325 e. The summed E-state index contributed by atoms with van der Waals surface area (Å²) in [6.07, 6.45) is 2.33. The molecule has 1 aromatic heterocycles. The molecule has 2 N–H and O–H groups in total. The first kappa shape index (κ1) is 15.5. The first-order valence-corrected chi connectivity index (χ1v) is 7.83. The Bertz CT molecular complexity index is 726. The van der Waals surface area contributed by atoms with Crippen LogP contribution < -0.4 is 0 Å². The Hall–Kier alpha value is -2.36. The number of piperazine rings is 1. The van der Waals surface area contributed by atoms with Crippen LogP contribution in [0, 0.1) is 11.3 Å². The average molecular weight is 312 g/mol. The normalized spacial score (nSPS) is 17.9. The van der Waals surface area contributed by atoms with Crippen LogP contribution in [0.3, 0.4) is 0 Å². The van der Waals surface area contributed by atoms with E-state index in [1.807, 2.05) is 35.4 Å². The highest BCUT2D eigenvalue weighted by Gasteiger charge is 2.31. The third-order valence-corrected chi connectivity index (χ3v) is 4.46. The SMILES string of the molecule is N#CCCN1CCN(C(C(=O)O)c2c[nH]c3ccccc23)CC1. The van der Waals surface area contributed by atoms with Gasteiger partial charge in [0.25, 0.3) is 0 Å². The molecule has 23 heavy (non-hydrogen) atoms. The number of nitrogens with zero attached hydrogens (tertiary/aromatic N) is 3.